The van der Waals surface area contributed by atoms with Crippen LogP contribution in [0.2, 0.25) is 0 Å². The number of amides is 1. The SMILES string of the molecule is COc1ccc(Br)cc1[C@@H]1CC(=O)Nc2c1c(=O)nc(SCc1ccccc1)n2C. The molecule has 30 heavy (non-hydrogen) atoms. The van der Waals surface area contributed by atoms with Crippen LogP contribution >= 0.6 is 27.7 Å². The van der Waals surface area contributed by atoms with E-state index in [0.29, 0.717) is 28.0 Å². The summed E-state index contributed by atoms with van der Waals surface area (Å²) in [6.07, 6.45) is 0.160. The molecule has 0 aliphatic carbocycles. The molecule has 2 heterocycles. The Hall–Kier alpha value is -2.58. The Morgan fingerprint density at radius 2 is 2.00 bits per heavy atom. The van der Waals surface area contributed by atoms with Gasteiger partial charge in [-0.25, -0.2) is 0 Å². The van der Waals surface area contributed by atoms with Gasteiger partial charge in [0.2, 0.25) is 5.91 Å². The molecule has 0 radical (unpaired) electrons. The van der Waals surface area contributed by atoms with Crippen LogP contribution in [0, 0.1) is 0 Å². The van der Waals surface area contributed by atoms with Crippen molar-refractivity contribution in [2.75, 3.05) is 12.4 Å². The molecule has 0 unspecified atom stereocenters. The van der Waals surface area contributed by atoms with Gasteiger partial charge >= 0.3 is 0 Å². The van der Waals surface area contributed by atoms with Gasteiger partial charge in [0.25, 0.3) is 5.56 Å². The second-order valence-corrected chi connectivity index (χ2v) is 8.84. The van der Waals surface area contributed by atoms with Gasteiger partial charge in [-0.2, -0.15) is 4.98 Å². The Labute approximate surface area is 186 Å². The summed E-state index contributed by atoms with van der Waals surface area (Å²) in [5.41, 5.74) is 2.07. The summed E-state index contributed by atoms with van der Waals surface area (Å²) in [6.45, 7) is 0. The molecule has 1 amide bonds. The van der Waals surface area contributed by atoms with E-state index in [1.807, 2.05) is 55.6 Å². The summed E-state index contributed by atoms with van der Waals surface area (Å²) < 4.78 is 8.14. The van der Waals surface area contributed by atoms with Crippen molar-refractivity contribution in [1.82, 2.24) is 9.55 Å². The highest BCUT2D eigenvalue weighted by molar-refractivity contribution is 9.10. The molecule has 0 saturated carbocycles. The maximum atomic E-state index is 13.1. The van der Waals surface area contributed by atoms with Crippen LogP contribution in [0.5, 0.6) is 5.75 Å². The largest absolute Gasteiger partial charge is 0.496 e. The van der Waals surface area contributed by atoms with Crippen molar-refractivity contribution in [3.05, 3.63) is 80.0 Å². The molecule has 0 saturated heterocycles. The molecule has 0 spiro atoms. The maximum absolute atomic E-state index is 13.1. The molecule has 154 valence electrons. The average molecular weight is 486 g/mol. The molecule has 0 bridgehead atoms. The summed E-state index contributed by atoms with van der Waals surface area (Å²) in [5, 5.41) is 3.44. The number of halogens is 1. The Balaban J connectivity index is 1.77. The second-order valence-electron chi connectivity index (χ2n) is 6.99. The van der Waals surface area contributed by atoms with Gasteiger partial charge in [0.05, 0.1) is 12.7 Å². The molecule has 1 aromatic heterocycles. The lowest BCUT2D eigenvalue weighted by molar-refractivity contribution is -0.116. The van der Waals surface area contributed by atoms with Crippen molar-refractivity contribution >= 4 is 39.4 Å². The number of methoxy groups -OCH3 is 1. The predicted molar refractivity (Wildman–Crippen MR) is 121 cm³/mol. The van der Waals surface area contributed by atoms with Crippen molar-refractivity contribution < 1.29 is 9.53 Å². The van der Waals surface area contributed by atoms with Crippen LogP contribution in [0.25, 0.3) is 0 Å². The van der Waals surface area contributed by atoms with E-state index in [-0.39, 0.29) is 17.9 Å². The first-order valence-corrected chi connectivity index (χ1v) is 11.2. The van der Waals surface area contributed by atoms with Crippen molar-refractivity contribution in [2.24, 2.45) is 7.05 Å². The zero-order valence-corrected chi connectivity index (χ0v) is 18.9. The van der Waals surface area contributed by atoms with Gasteiger partial charge in [0.15, 0.2) is 5.16 Å². The van der Waals surface area contributed by atoms with E-state index < -0.39 is 5.92 Å². The summed E-state index contributed by atoms with van der Waals surface area (Å²) >= 11 is 4.94. The van der Waals surface area contributed by atoms with Crippen molar-refractivity contribution in [3.63, 3.8) is 0 Å². The van der Waals surface area contributed by atoms with Gasteiger partial charge in [-0.1, -0.05) is 58.0 Å². The minimum atomic E-state index is -0.430. The number of anilines is 1. The third kappa shape index (κ3) is 4.02. The topological polar surface area (TPSA) is 73.2 Å². The van der Waals surface area contributed by atoms with Crippen molar-refractivity contribution in [3.8, 4) is 5.75 Å². The first-order chi connectivity index (χ1) is 14.5. The predicted octanol–water partition coefficient (Wildman–Crippen LogP) is 4.32. The molecule has 2 aromatic carbocycles. The third-order valence-electron chi connectivity index (χ3n) is 5.08. The summed E-state index contributed by atoms with van der Waals surface area (Å²) in [4.78, 5) is 30.0. The molecule has 1 aliphatic heterocycles. The first kappa shape index (κ1) is 20.7. The lowest BCUT2D eigenvalue weighted by atomic mass is 9.86. The van der Waals surface area contributed by atoms with Gasteiger partial charge < -0.3 is 14.6 Å². The number of rotatable bonds is 5. The number of fused-ring (bicyclic) bond motifs is 1. The summed E-state index contributed by atoms with van der Waals surface area (Å²) in [6, 6.07) is 15.6. The van der Waals surface area contributed by atoms with Crippen molar-refractivity contribution in [1.29, 1.82) is 0 Å². The highest BCUT2D eigenvalue weighted by Crippen LogP contribution is 2.40. The highest BCUT2D eigenvalue weighted by atomic mass is 79.9. The average Bonchev–Trinajstić information content (AvgIpc) is 2.75. The standard InChI is InChI=1S/C22H20BrN3O3S/c1-26-20-19(21(28)25-22(26)30-12-13-6-4-3-5-7-13)16(11-18(27)24-20)15-10-14(23)8-9-17(15)29-2/h3-10,16H,11-12H2,1-2H3,(H,24,27)/t16-/m0/s1. The number of nitrogens with zero attached hydrogens (tertiary/aromatic N) is 2. The minimum absolute atomic E-state index is 0.144. The molecular weight excluding hydrogens is 466 g/mol. The highest BCUT2D eigenvalue weighted by Gasteiger charge is 2.33. The molecule has 1 atom stereocenters. The van der Waals surface area contributed by atoms with Crippen molar-refractivity contribution in [2.45, 2.75) is 23.2 Å². The monoisotopic (exact) mass is 485 g/mol. The number of carbonyl (C=O) groups excluding carboxylic acids is 1. The fourth-order valence-corrected chi connectivity index (χ4v) is 4.93. The molecule has 8 heteroatoms. The van der Waals surface area contributed by atoms with E-state index in [1.165, 1.54) is 11.8 Å². The van der Waals surface area contributed by atoms with Crippen LogP contribution in [-0.2, 0) is 17.6 Å². The van der Waals surface area contributed by atoms with Crippen LogP contribution in [0.15, 0.2) is 63.0 Å². The molecule has 0 fully saturated rings. The number of nitrogens with one attached hydrogen (secondary N) is 1. The van der Waals surface area contributed by atoms with E-state index in [1.54, 1.807) is 11.7 Å². The Morgan fingerprint density at radius 1 is 1.23 bits per heavy atom. The minimum Gasteiger partial charge on any atom is -0.496 e. The fourth-order valence-electron chi connectivity index (χ4n) is 3.63. The second kappa shape index (κ2) is 8.65. The first-order valence-electron chi connectivity index (χ1n) is 9.39. The normalized spacial score (nSPS) is 15.4. The zero-order chi connectivity index (χ0) is 21.3. The number of thioether (sulfide) groups is 1. The molecule has 6 nitrogen and oxygen atoms in total. The van der Waals surface area contributed by atoms with E-state index in [4.69, 9.17) is 4.74 Å². The molecule has 1 aliphatic rings. The Morgan fingerprint density at radius 3 is 2.73 bits per heavy atom. The van der Waals surface area contributed by atoms with E-state index in [2.05, 4.69) is 26.2 Å². The van der Waals surface area contributed by atoms with Gasteiger partial charge in [0, 0.05) is 35.2 Å². The molecule has 4 rings (SSSR count). The third-order valence-corrected chi connectivity index (χ3v) is 6.67. The van der Waals surface area contributed by atoms with Crippen LogP contribution in [0.1, 0.15) is 29.0 Å². The quantitative estimate of drug-likeness (QED) is 0.430. The molecule has 3 aromatic rings. The number of ether oxygens (including phenoxy) is 1. The smallest absolute Gasteiger partial charge is 0.279 e. The van der Waals surface area contributed by atoms with Crippen LogP contribution in [-0.4, -0.2) is 22.6 Å². The zero-order valence-electron chi connectivity index (χ0n) is 16.5. The number of hydrogen-bond acceptors (Lipinski definition) is 5. The van der Waals surface area contributed by atoms with E-state index in [9.17, 15) is 9.59 Å². The van der Waals surface area contributed by atoms with Crippen LogP contribution < -0.4 is 15.6 Å². The van der Waals surface area contributed by atoms with Crippen LogP contribution in [0.4, 0.5) is 5.82 Å². The van der Waals surface area contributed by atoms with Gasteiger partial charge in [0.1, 0.15) is 11.6 Å². The van der Waals surface area contributed by atoms with Gasteiger partial charge in [-0.15, -0.1) is 0 Å². The van der Waals surface area contributed by atoms with E-state index in [0.717, 1.165) is 15.6 Å². The Kier molecular flexibility index (Phi) is 5.97. The van der Waals surface area contributed by atoms with Crippen LogP contribution in [0.3, 0.4) is 0 Å². The molecule has 1 N–H and O–H groups in total. The lowest BCUT2D eigenvalue weighted by Crippen LogP contribution is -2.33. The fraction of sp³-hybridized carbons (Fsp3) is 0.227. The summed E-state index contributed by atoms with van der Waals surface area (Å²) in [7, 11) is 3.40. The number of benzene rings is 2. The summed E-state index contributed by atoms with van der Waals surface area (Å²) in [5.74, 6) is 1.23. The number of aromatic nitrogens is 2. The Bertz CT molecular complexity index is 1160. The van der Waals surface area contributed by atoms with E-state index >= 15 is 0 Å². The van der Waals surface area contributed by atoms with Gasteiger partial charge in [-0.3, -0.25) is 9.59 Å². The molecular formula is C22H20BrN3O3S. The van der Waals surface area contributed by atoms with Gasteiger partial charge in [-0.05, 0) is 23.8 Å². The number of carbonyl (C=O) groups is 1. The maximum Gasteiger partial charge on any atom is 0.279 e. The lowest BCUT2D eigenvalue weighted by Gasteiger charge is -2.28. The number of hydrogen-bond donors (Lipinski definition) is 1.